The summed E-state index contributed by atoms with van der Waals surface area (Å²) in [5.41, 5.74) is 0.825. The molecule has 0 aliphatic carbocycles. The highest BCUT2D eigenvalue weighted by molar-refractivity contribution is 9.10. The molecule has 3 rings (SSSR count). The van der Waals surface area contributed by atoms with Crippen molar-refractivity contribution >= 4 is 38.3 Å². The van der Waals surface area contributed by atoms with Crippen LogP contribution in [0.2, 0.25) is 0 Å². The van der Waals surface area contributed by atoms with Gasteiger partial charge in [0, 0.05) is 9.86 Å². The van der Waals surface area contributed by atoms with Gasteiger partial charge in [-0.3, -0.25) is 4.79 Å². The maximum Gasteiger partial charge on any atom is 0.259 e. The van der Waals surface area contributed by atoms with Crippen LogP contribution in [-0.4, -0.2) is 17.6 Å². The number of phenols is 1. The first-order chi connectivity index (χ1) is 19.6. The Morgan fingerprint density at radius 1 is 0.725 bits per heavy atom. The van der Waals surface area contributed by atoms with Gasteiger partial charge in [0.1, 0.15) is 11.5 Å². The third-order valence-electron chi connectivity index (χ3n) is 7.60. The van der Waals surface area contributed by atoms with E-state index in [1.165, 1.54) is 89.9 Å². The number of unbranched alkanes of at least 4 members (excludes halogenated alkanes) is 15. The number of carbonyl (C=O) groups is 1. The number of hydrogen-bond donors (Lipinski definition) is 2. The number of carbonyl (C=O) groups excluding carboxylic acids is 1. The summed E-state index contributed by atoms with van der Waals surface area (Å²) in [6.45, 7) is 2.90. The smallest absolute Gasteiger partial charge is 0.259 e. The third-order valence-corrected chi connectivity index (χ3v) is 8.26. The van der Waals surface area contributed by atoms with Crippen molar-refractivity contribution < 1.29 is 14.6 Å². The average Bonchev–Trinajstić information content (AvgIpc) is 2.97. The van der Waals surface area contributed by atoms with Gasteiger partial charge in [0.2, 0.25) is 0 Å². The number of nitrogens with one attached hydrogen (secondary N) is 1. The molecule has 3 aromatic carbocycles. The Morgan fingerprint density at radius 3 is 1.82 bits per heavy atom. The average molecular weight is 611 g/mol. The monoisotopic (exact) mass is 609 g/mol. The Kier molecular flexibility index (Phi) is 15.0. The summed E-state index contributed by atoms with van der Waals surface area (Å²) in [7, 11) is 0. The molecule has 0 atom stereocenters. The number of ether oxygens (including phenoxy) is 1. The van der Waals surface area contributed by atoms with Gasteiger partial charge in [0.25, 0.3) is 5.91 Å². The lowest BCUT2D eigenvalue weighted by Crippen LogP contribution is -2.13. The van der Waals surface area contributed by atoms with Crippen LogP contribution >= 0.6 is 15.9 Å². The summed E-state index contributed by atoms with van der Waals surface area (Å²) in [5, 5.41) is 15.2. The minimum atomic E-state index is -0.373. The van der Waals surface area contributed by atoms with E-state index in [0.717, 1.165) is 22.7 Å². The number of anilines is 1. The van der Waals surface area contributed by atoms with Crippen LogP contribution in [0.15, 0.2) is 59.1 Å². The van der Waals surface area contributed by atoms with Crippen molar-refractivity contribution in [2.45, 2.75) is 110 Å². The number of benzene rings is 3. The molecule has 3 aromatic rings. The van der Waals surface area contributed by atoms with E-state index in [4.69, 9.17) is 4.74 Å². The zero-order chi connectivity index (χ0) is 28.4. The van der Waals surface area contributed by atoms with Crippen LogP contribution in [0.4, 0.5) is 5.69 Å². The summed E-state index contributed by atoms with van der Waals surface area (Å²) in [6, 6.07) is 16.6. The number of rotatable bonds is 20. The number of para-hydroxylation sites is 2. The van der Waals surface area contributed by atoms with Crippen LogP contribution in [0, 0.1) is 0 Å². The molecule has 0 saturated heterocycles. The van der Waals surface area contributed by atoms with Crippen LogP contribution in [-0.2, 0) is 0 Å². The van der Waals surface area contributed by atoms with Crippen LogP contribution in [0.5, 0.6) is 11.5 Å². The van der Waals surface area contributed by atoms with Gasteiger partial charge in [0.15, 0.2) is 0 Å². The van der Waals surface area contributed by atoms with Crippen molar-refractivity contribution in [2.24, 2.45) is 0 Å². The normalized spacial score (nSPS) is 11.2. The fraction of sp³-hybridized carbons (Fsp3) is 0.514. The van der Waals surface area contributed by atoms with Crippen LogP contribution in [0.25, 0.3) is 10.8 Å². The van der Waals surface area contributed by atoms with Crippen molar-refractivity contribution in [2.75, 3.05) is 11.9 Å². The second kappa shape index (κ2) is 18.7. The Balaban J connectivity index is 1.29. The van der Waals surface area contributed by atoms with Gasteiger partial charge in [-0.25, -0.2) is 0 Å². The Bertz CT molecular complexity index is 1160. The van der Waals surface area contributed by atoms with Crippen molar-refractivity contribution in [3.05, 3.63) is 64.6 Å². The van der Waals surface area contributed by atoms with Gasteiger partial charge >= 0.3 is 0 Å². The number of fused-ring (bicyclic) bond motifs is 1. The van der Waals surface area contributed by atoms with Crippen LogP contribution < -0.4 is 10.1 Å². The topological polar surface area (TPSA) is 58.6 Å². The van der Waals surface area contributed by atoms with E-state index in [-0.39, 0.29) is 17.2 Å². The second-order valence-corrected chi connectivity index (χ2v) is 11.8. The standard InChI is InChI=1S/C35H48BrNO3/c1-2-3-4-5-6-7-8-9-10-11-12-13-14-15-16-21-26-40-33-25-20-19-24-32(33)37-35(39)30-27-31(36)28-22-17-18-23-29(28)34(30)38/h17-20,22-25,27,38H,2-16,21,26H2,1H3,(H,37,39). The predicted octanol–water partition coefficient (Wildman–Crippen LogP) is 11.2. The van der Waals surface area contributed by atoms with E-state index >= 15 is 0 Å². The molecule has 0 fully saturated rings. The molecule has 0 radical (unpaired) electrons. The molecule has 2 N–H and O–H groups in total. The maximum atomic E-state index is 13.1. The molecule has 0 aromatic heterocycles. The van der Waals surface area contributed by atoms with E-state index < -0.39 is 0 Å². The van der Waals surface area contributed by atoms with Gasteiger partial charge < -0.3 is 15.2 Å². The number of hydrogen-bond acceptors (Lipinski definition) is 3. The van der Waals surface area contributed by atoms with Gasteiger partial charge in [0.05, 0.1) is 17.9 Å². The number of halogens is 1. The number of phenolic OH excluding ortho intramolecular Hbond substituents is 1. The first kappa shape index (κ1) is 32.0. The van der Waals surface area contributed by atoms with Crippen molar-refractivity contribution in [1.29, 1.82) is 0 Å². The molecular formula is C35H48BrNO3. The van der Waals surface area contributed by atoms with Crippen LogP contribution in [0.3, 0.4) is 0 Å². The number of amides is 1. The van der Waals surface area contributed by atoms with E-state index in [2.05, 4.69) is 28.2 Å². The summed E-state index contributed by atoms with van der Waals surface area (Å²) in [4.78, 5) is 13.1. The maximum absolute atomic E-state index is 13.1. The largest absolute Gasteiger partial charge is 0.506 e. The predicted molar refractivity (Wildman–Crippen MR) is 173 cm³/mol. The Hall–Kier alpha value is -2.53. The molecule has 0 spiro atoms. The molecule has 0 aliphatic heterocycles. The minimum absolute atomic E-state index is 0.0251. The fourth-order valence-corrected chi connectivity index (χ4v) is 5.78. The highest BCUT2D eigenvalue weighted by Gasteiger charge is 2.17. The summed E-state index contributed by atoms with van der Waals surface area (Å²) in [5.74, 6) is 0.251. The summed E-state index contributed by atoms with van der Waals surface area (Å²) >= 11 is 3.53. The molecule has 5 heteroatoms. The third kappa shape index (κ3) is 10.8. The highest BCUT2D eigenvalue weighted by atomic mass is 79.9. The minimum Gasteiger partial charge on any atom is -0.506 e. The lowest BCUT2D eigenvalue weighted by Gasteiger charge is -2.14. The van der Waals surface area contributed by atoms with Crippen molar-refractivity contribution in [3.63, 3.8) is 0 Å². The fourth-order valence-electron chi connectivity index (χ4n) is 5.21. The van der Waals surface area contributed by atoms with Crippen molar-refractivity contribution in [1.82, 2.24) is 0 Å². The Labute approximate surface area is 250 Å². The summed E-state index contributed by atoms with van der Waals surface area (Å²) < 4.78 is 6.79. The molecule has 0 unspecified atom stereocenters. The van der Waals surface area contributed by atoms with E-state index in [1.807, 2.05) is 42.5 Å². The molecule has 0 aliphatic rings. The van der Waals surface area contributed by atoms with Gasteiger partial charge in [-0.2, -0.15) is 0 Å². The highest BCUT2D eigenvalue weighted by Crippen LogP contribution is 2.35. The molecule has 40 heavy (non-hydrogen) atoms. The molecule has 4 nitrogen and oxygen atoms in total. The first-order valence-electron chi connectivity index (χ1n) is 15.5. The molecule has 0 heterocycles. The Morgan fingerprint density at radius 2 is 1.23 bits per heavy atom. The lowest BCUT2D eigenvalue weighted by atomic mass is 10.0. The van der Waals surface area contributed by atoms with Gasteiger partial charge in [-0.1, -0.05) is 156 Å². The van der Waals surface area contributed by atoms with E-state index in [1.54, 1.807) is 12.1 Å². The van der Waals surface area contributed by atoms with E-state index in [0.29, 0.717) is 23.4 Å². The van der Waals surface area contributed by atoms with Gasteiger partial charge in [-0.05, 0) is 30.0 Å². The zero-order valence-corrected chi connectivity index (χ0v) is 25.9. The molecule has 218 valence electrons. The molecule has 1 amide bonds. The first-order valence-corrected chi connectivity index (χ1v) is 16.3. The summed E-state index contributed by atoms with van der Waals surface area (Å²) in [6.07, 6.45) is 21.5. The lowest BCUT2D eigenvalue weighted by molar-refractivity contribution is 0.102. The SMILES string of the molecule is CCCCCCCCCCCCCCCCCCOc1ccccc1NC(=O)c1cc(Br)c2ccccc2c1O. The quantitative estimate of drug-likeness (QED) is 0.125. The molecular weight excluding hydrogens is 562 g/mol. The van der Waals surface area contributed by atoms with Crippen molar-refractivity contribution in [3.8, 4) is 11.5 Å². The van der Waals surface area contributed by atoms with Gasteiger partial charge in [-0.15, -0.1) is 0 Å². The second-order valence-electron chi connectivity index (χ2n) is 10.9. The number of aromatic hydroxyl groups is 1. The van der Waals surface area contributed by atoms with Crippen LogP contribution in [0.1, 0.15) is 120 Å². The van der Waals surface area contributed by atoms with E-state index in [9.17, 15) is 9.90 Å². The molecule has 0 saturated carbocycles. The zero-order valence-electron chi connectivity index (χ0n) is 24.4. The molecule has 0 bridgehead atoms.